The SMILES string of the molecule is C[C@H]1CNCCN1CC(=O)N1CCN(Cc2cccc(Cl)c2)CC1.Cl.Cl. The number of benzene rings is 1. The van der Waals surface area contributed by atoms with Gasteiger partial charge >= 0.3 is 0 Å². The molecule has 1 aromatic carbocycles. The van der Waals surface area contributed by atoms with Crippen LogP contribution >= 0.6 is 36.4 Å². The Morgan fingerprint density at radius 2 is 1.92 bits per heavy atom. The summed E-state index contributed by atoms with van der Waals surface area (Å²) in [5.41, 5.74) is 1.23. The number of nitrogens with one attached hydrogen (secondary N) is 1. The van der Waals surface area contributed by atoms with Gasteiger partial charge < -0.3 is 10.2 Å². The maximum absolute atomic E-state index is 12.5. The van der Waals surface area contributed by atoms with Gasteiger partial charge in [0.15, 0.2) is 0 Å². The minimum atomic E-state index is 0. The van der Waals surface area contributed by atoms with E-state index < -0.39 is 0 Å². The molecule has 26 heavy (non-hydrogen) atoms. The van der Waals surface area contributed by atoms with Crippen LogP contribution in [-0.2, 0) is 11.3 Å². The van der Waals surface area contributed by atoms with E-state index >= 15 is 0 Å². The lowest BCUT2D eigenvalue weighted by Gasteiger charge is -2.38. The van der Waals surface area contributed by atoms with E-state index in [1.807, 2.05) is 23.1 Å². The number of piperazine rings is 2. The van der Waals surface area contributed by atoms with Gasteiger partial charge in [-0.15, -0.1) is 24.8 Å². The zero-order valence-corrected chi connectivity index (χ0v) is 17.6. The lowest BCUT2D eigenvalue weighted by Crippen LogP contribution is -2.55. The maximum Gasteiger partial charge on any atom is 0.236 e. The minimum Gasteiger partial charge on any atom is -0.339 e. The van der Waals surface area contributed by atoms with Gasteiger partial charge in [0.1, 0.15) is 0 Å². The summed E-state index contributed by atoms with van der Waals surface area (Å²) in [6.45, 7) is 10.0. The molecular weight excluding hydrogens is 395 g/mol. The highest BCUT2D eigenvalue weighted by Crippen LogP contribution is 2.14. The summed E-state index contributed by atoms with van der Waals surface area (Å²) < 4.78 is 0. The van der Waals surface area contributed by atoms with Crippen molar-refractivity contribution in [3.8, 4) is 0 Å². The molecule has 2 saturated heterocycles. The molecule has 2 fully saturated rings. The highest BCUT2D eigenvalue weighted by molar-refractivity contribution is 6.30. The Hall–Kier alpha value is -0.560. The second kappa shape index (κ2) is 11.3. The summed E-state index contributed by atoms with van der Waals surface area (Å²) in [5.74, 6) is 0.270. The Morgan fingerprint density at radius 3 is 2.58 bits per heavy atom. The lowest BCUT2D eigenvalue weighted by atomic mass is 10.2. The second-order valence-corrected chi connectivity index (χ2v) is 7.25. The summed E-state index contributed by atoms with van der Waals surface area (Å²) in [4.78, 5) is 19.2. The molecule has 2 heterocycles. The van der Waals surface area contributed by atoms with Crippen LogP contribution in [0.3, 0.4) is 0 Å². The van der Waals surface area contributed by atoms with Gasteiger partial charge in [-0.3, -0.25) is 14.6 Å². The summed E-state index contributed by atoms with van der Waals surface area (Å²) in [6.07, 6.45) is 0. The van der Waals surface area contributed by atoms with Gasteiger partial charge in [0.05, 0.1) is 6.54 Å². The van der Waals surface area contributed by atoms with Gasteiger partial charge in [-0.05, 0) is 24.6 Å². The van der Waals surface area contributed by atoms with E-state index in [1.54, 1.807) is 0 Å². The predicted octanol–water partition coefficient (Wildman–Crippen LogP) is 2.12. The smallest absolute Gasteiger partial charge is 0.236 e. The fourth-order valence-corrected chi connectivity index (χ4v) is 3.65. The number of carbonyl (C=O) groups excluding carboxylic acids is 1. The molecule has 0 spiro atoms. The molecule has 0 unspecified atom stereocenters. The van der Waals surface area contributed by atoms with Crippen molar-refractivity contribution in [1.82, 2.24) is 20.0 Å². The van der Waals surface area contributed by atoms with E-state index in [-0.39, 0.29) is 30.7 Å². The molecule has 1 N–H and O–H groups in total. The van der Waals surface area contributed by atoms with Crippen LogP contribution in [0.4, 0.5) is 0 Å². The standard InChI is InChI=1S/C18H27ClN4O.2ClH/c1-15-12-20-5-6-23(15)14-18(24)22-9-7-21(8-10-22)13-16-3-2-4-17(19)11-16;;/h2-4,11,15,20H,5-10,12-14H2,1H3;2*1H/t15-;;/m0../s1. The fraction of sp³-hybridized carbons (Fsp3) is 0.611. The minimum absolute atomic E-state index is 0. The average molecular weight is 424 g/mol. The van der Waals surface area contributed by atoms with Crippen molar-refractivity contribution >= 4 is 42.3 Å². The summed E-state index contributed by atoms with van der Waals surface area (Å²) in [6, 6.07) is 8.46. The van der Waals surface area contributed by atoms with Crippen molar-refractivity contribution in [2.75, 3.05) is 52.4 Å². The van der Waals surface area contributed by atoms with Crippen LogP contribution in [0.5, 0.6) is 0 Å². The molecule has 1 amide bonds. The van der Waals surface area contributed by atoms with Crippen molar-refractivity contribution in [2.24, 2.45) is 0 Å². The maximum atomic E-state index is 12.5. The third kappa shape index (κ3) is 6.55. The van der Waals surface area contributed by atoms with E-state index in [2.05, 4.69) is 28.1 Å². The third-order valence-corrected chi connectivity index (χ3v) is 5.23. The highest BCUT2D eigenvalue weighted by atomic mass is 35.5. The molecule has 0 aliphatic carbocycles. The zero-order valence-electron chi connectivity index (χ0n) is 15.2. The topological polar surface area (TPSA) is 38.8 Å². The van der Waals surface area contributed by atoms with Crippen LogP contribution in [0.2, 0.25) is 5.02 Å². The largest absolute Gasteiger partial charge is 0.339 e. The molecular formula is C18H29Cl3N4O. The molecule has 3 rings (SSSR count). The molecule has 148 valence electrons. The van der Waals surface area contributed by atoms with Crippen LogP contribution in [0.15, 0.2) is 24.3 Å². The number of carbonyl (C=O) groups is 1. The Kier molecular flexibility index (Phi) is 10.2. The van der Waals surface area contributed by atoms with Crippen LogP contribution in [0.25, 0.3) is 0 Å². The first kappa shape index (κ1) is 23.5. The number of rotatable bonds is 4. The van der Waals surface area contributed by atoms with E-state index in [1.165, 1.54) is 5.56 Å². The van der Waals surface area contributed by atoms with Gasteiger partial charge in [-0.2, -0.15) is 0 Å². The van der Waals surface area contributed by atoms with Crippen molar-refractivity contribution in [1.29, 1.82) is 0 Å². The molecule has 0 radical (unpaired) electrons. The number of hydrogen-bond acceptors (Lipinski definition) is 4. The van der Waals surface area contributed by atoms with Crippen molar-refractivity contribution < 1.29 is 4.79 Å². The van der Waals surface area contributed by atoms with Gasteiger partial charge in [0.2, 0.25) is 5.91 Å². The first-order chi connectivity index (χ1) is 11.6. The van der Waals surface area contributed by atoms with E-state index in [4.69, 9.17) is 11.6 Å². The van der Waals surface area contributed by atoms with Gasteiger partial charge in [-0.1, -0.05) is 23.7 Å². The molecule has 8 heteroatoms. The van der Waals surface area contributed by atoms with Gasteiger partial charge in [-0.25, -0.2) is 0 Å². The molecule has 2 aliphatic rings. The molecule has 0 aromatic heterocycles. The number of halogens is 3. The summed E-state index contributed by atoms with van der Waals surface area (Å²) in [5, 5.41) is 4.15. The second-order valence-electron chi connectivity index (χ2n) is 6.81. The van der Waals surface area contributed by atoms with Crippen LogP contribution in [0, 0.1) is 0 Å². The summed E-state index contributed by atoms with van der Waals surface area (Å²) >= 11 is 6.05. The van der Waals surface area contributed by atoms with Crippen LogP contribution in [-0.4, -0.2) is 79.0 Å². The number of amides is 1. The van der Waals surface area contributed by atoms with Gasteiger partial charge in [0.25, 0.3) is 0 Å². The first-order valence-corrected chi connectivity index (χ1v) is 9.19. The van der Waals surface area contributed by atoms with E-state index in [9.17, 15) is 4.79 Å². The molecule has 0 bridgehead atoms. The molecule has 0 saturated carbocycles. The van der Waals surface area contributed by atoms with Crippen LogP contribution in [0.1, 0.15) is 12.5 Å². The molecule has 2 aliphatic heterocycles. The average Bonchev–Trinajstić information content (AvgIpc) is 2.57. The highest BCUT2D eigenvalue weighted by Gasteiger charge is 2.25. The monoisotopic (exact) mass is 422 g/mol. The lowest BCUT2D eigenvalue weighted by molar-refractivity contribution is -0.135. The van der Waals surface area contributed by atoms with Gasteiger partial charge in [0, 0.05) is 63.4 Å². The zero-order chi connectivity index (χ0) is 16.9. The van der Waals surface area contributed by atoms with E-state index in [0.29, 0.717) is 12.6 Å². The Morgan fingerprint density at radius 1 is 1.19 bits per heavy atom. The van der Waals surface area contributed by atoms with E-state index in [0.717, 1.165) is 57.4 Å². The molecule has 1 atom stereocenters. The first-order valence-electron chi connectivity index (χ1n) is 8.81. The van der Waals surface area contributed by atoms with Crippen molar-refractivity contribution in [2.45, 2.75) is 19.5 Å². The normalized spacial score (nSPS) is 21.6. The Labute approximate surface area is 173 Å². The Balaban J connectivity index is 0.00000169. The fourth-order valence-electron chi connectivity index (χ4n) is 3.44. The quantitative estimate of drug-likeness (QED) is 0.805. The predicted molar refractivity (Wildman–Crippen MR) is 112 cm³/mol. The molecule has 1 aromatic rings. The number of nitrogens with zero attached hydrogens (tertiary/aromatic N) is 3. The van der Waals surface area contributed by atoms with Crippen molar-refractivity contribution in [3.63, 3.8) is 0 Å². The number of hydrogen-bond donors (Lipinski definition) is 1. The molecule has 5 nitrogen and oxygen atoms in total. The van der Waals surface area contributed by atoms with Crippen LogP contribution < -0.4 is 5.32 Å². The third-order valence-electron chi connectivity index (χ3n) is 5.00. The Bertz CT molecular complexity index is 567. The summed E-state index contributed by atoms with van der Waals surface area (Å²) in [7, 11) is 0. The van der Waals surface area contributed by atoms with Crippen molar-refractivity contribution in [3.05, 3.63) is 34.9 Å².